The van der Waals surface area contributed by atoms with Crippen molar-refractivity contribution < 1.29 is 22.7 Å². The van der Waals surface area contributed by atoms with E-state index in [-0.39, 0.29) is 22.8 Å². The molecule has 1 N–H and O–H groups in total. The highest BCUT2D eigenvalue weighted by Crippen LogP contribution is 2.41. The van der Waals surface area contributed by atoms with Gasteiger partial charge in [-0.25, -0.2) is 4.68 Å². The molecule has 0 bridgehead atoms. The third kappa shape index (κ3) is 4.09. The number of ether oxygens (including phenoxy) is 1. The predicted octanol–water partition coefficient (Wildman–Crippen LogP) is 5.14. The molecule has 4 rings (SSSR count). The van der Waals surface area contributed by atoms with Crippen LogP contribution in [0, 0.1) is 0 Å². The maximum absolute atomic E-state index is 13.7. The van der Waals surface area contributed by atoms with E-state index in [4.69, 9.17) is 27.9 Å². The van der Waals surface area contributed by atoms with Gasteiger partial charge in [-0.15, -0.1) is 0 Å². The highest BCUT2D eigenvalue weighted by atomic mass is 35.5. The Morgan fingerprint density at radius 3 is 2.69 bits per heavy atom. The molecule has 2 unspecified atom stereocenters. The Balaban J connectivity index is 1.84. The van der Waals surface area contributed by atoms with Gasteiger partial charge in [0.15, 0.2) is 5.69 Å². The Kier molecular flexibility index (Phi) is 6.17. The molecule has 11 heteroatoms. The van der Waals surface area contributed by atoms with Crippen molar-refractivity contribution in [2.45, 2.75) is 38.0 Å². The second kappa shape index (κ2) is 8.61. The van der Waals surface area contributed by atoms with Crippen LogP contribution in [0.4, 0.5) is 19.0 Å². The molecule has 32 heavy (non-hydrogen) atoms. The van der Waals surface area contributed by atoms with Crippen LogP contribution in [0.2, 0.25) is 10.0 Å². The van der Waals surface area contributed by atoms with Gasteiger partial charge in [0.05, 0.1) is 28.3 Å². The number of anilines is 1. The van der Waals surface area contributed by atoms with Gasteiger partial charge in [-0.2, -0.15) is 18.3 Å². The van der Waals surface area contributed by atoms with Crippen molar-refractivity contribution in [2.75, 3.05) is 25.6 Å². The topological polar surface area (TPSA) is 59.4 Å². The molecule has 172 valence electrons. The maximum atomic E-state index is 13.7. The molecular formula is C21H21Cl2F3N4O2. The lowest BCUT2D eigenvalue weighted by atomic mass is 9.94. The lowest BCUT2D eigenvalue weighted by Gasteiger charge is -2.33. The van der Waals surface area contributed by atoms with E-state index in [1.54, 1.807) is 37.1 Å². The van der Waals surface area contributed by atoms with Gasteiger partial charge in [-0.1, -0.05) is 29.3 Å². The van der Waals surface area contributed by atoms with E-state index in [9.17, 15) is 18.0 Å². The van der Waals surface area contributed by atoms with E-state index in [0.29, 0.717) is 35.0 Å². The molecule has 2 aliphatic rings. The Labute approximate surface area is 192 Å². The molecule has 6 nitrogen and oxygen atoms in total. The fourth-order valence-electron chi connectivity index (χ4n) is 4.30. The summed E-state index contributed by atoms with van der Waals surface area (Å²) in [5.74, 6) is -0.141. The number of hydrogen-bond acceptors (Lipinski definition) is 4. The number of methoxy groups -OCH3 is 1. The number of fused-ring (bicyclic) bond motifs is 1. The van der Waals surface area contributed by atoms with Crippen LogP contribution >= 0.6 is 23.2 Å². The van der Waals surface area contributed by atoms with Gasteiger partial charge in [0.1, 0.15) is 11.9 Å². The Hall–Kier alpha value is -2.23. The fourth-order valence-corrected chi connectivity index (χ4v) is 4.61. The number of amides is 1. The summed E-state index contributed by atoms with van der Waals surface area (Å²) >= 11 is 12.3. The Morgan fingerprint density at radius 2 is 2.03 bits per heavy atom. The molecule has 0 saturated carbocycles. The van der Waals surface area contributed by atoms with Gasteiger partial charge in [0.2, 0.25) is 0 Å². The van der Waals surface area contributed by atoms with Gasteiger partial charge >= 0.3 is 6.18 Å². The summed E-state index contributed by atoms with van der Waals surface area (Å²) in [6.07, 6.45) is -3.02. The van der Waals surface area contributed by atoms with Crippen molar-refractivity contribution >= 4 is 34.9 Å². The number of nitrogens with one attached hydrogen (secondary N) is 1. The van der Waals surface area contributed by atoms with Crippen molar-refractivity contribution in [3.63, 3.8) is 0 Å². The number of halogens is 5. The lowest BCUT2D eigenvalue weighted by molar-refractivity contribution is -0.141. The standard InChI is InChI=1S/C21H21Cl2F3N4O2/c1-11-18(20(31)29-7-3-4-13(29)10-32-2)19(12-5-6-14(22)15(23)8-12)30-17(27-11)9-16(28-30)21(24,25)26/h5-6,8-9,13,19,27H,3-4,7,10H2,1-2H3. The zero-order valence-corrected chi connectivity index (χ0v) is 18.9. The van der Waals surface area contributed by atoms with E-state index < -0.39 is 17.9 Å². The predicted molar refractivity (Wildman–Crippen MR) is 115 cm³/mol. The van der Waals surface area contributed by atoms with Gasteiger partial charge in [0.25, 0.3) is 5.91 Å². The van der Waals surface area contributed by atoms with Crippen molar-refractivity contribution in [3.05, 3.63) is 56.8 Å². The average Bonchev–Trinajstić information content (AvgIpc) is 3.35. The van der Waals surface area contributed by atoms with Gasteiger partial charge in [-0.3, -0.25) is 4.79 Å². The van der Waals surface area contributed by atoms with E-state index >= 15 is 0 Å². The number of carbonyl (C=O) groups is 1. The molecule has 1 fully saturated rings. The van der Waals surface area contributed by atoms with Crippen LogP contribution in [0.15, 0.2) is 35.5 Å². The first-order chi connectivity index (χ1) is 15.1. The van der Waals surface area contributed by atoms with Gasteiger partial charge < -0.3 is 15.0 Å². The van der Waals surface area contributed by atoms with Crippen LogP contribution in [0.1, 0.15) is 37.1 Å². The normalized spacial score (nSPS) is 21.0. The van der Waals surface area contributed by atoms with Crippen molar-refractivity contribution in [1.29, 1.82) is 0 Å². The van der Waals surface area contributed by atoms with E-state index in [1.807, 2.05) is 0 Å². The van der Waals surface area contributed by atoms with Crippen molar-refractivity contribution in [3.8, 4) is 0 Å². The Bertz CT molecular complexity index is 1080. The zero-order valence-electron chi connectivity index (χ0n) is 17.3. The van der Waals surface area contributed by atoms with Crippen LogP contribution < -0.4 is 5.32 Å². The molecule has 2 atom stereocenters. The second-order valence-electron chi connectivity index (χ2n) is 7.85. The number of carbonyl (C=O) groups excluding carboxylic acids is 1. The van der Waals surface area contributed by atoms with E-state index in [0.717, 1.165) is 18.9 Å². The molecule has 0 radical (unpaired) electrons. The molecule has 0 aliphatic carbocycles. The molecule has 3 heterocycles. The van der Waals surface area contributed by atoms with Crippen LogP contribution in [-0.4, -0.2) is 46.9 Å². The van der Waals surface area contributed by atoms with Crippen LogP contribution in [-0.2, 0) is 15.7 Å². The molecule has 1 aromatic heterocycles. The summed E-state index contributed by atoms with van der Waals surface area (Å²) in [5, 5.41) is 7.26. The first kappa shape index (κ1) is 22.9. The number of aromatic nitrogens is 2. The second-order valence-corrected chi connectivity index (χ2v) is 8.66. The number of likely N-dealkylation sites (tertiary alicyclic amines) is 1. The summed E-state index contributed by atoms with van der Waals surface area (Å²) < 4.78 is 46.7. The molecule has 0 spiro atoms. The summed E-state index contributed by atoms with van der Waals surface area (Å²) in [4.78, 5) is 15.4. The highest BCUT2D eigenvalue weighted by Gasteiger charge is 2.42. The highest BCUT2D eigenvalue weighted by molar-refractivity contribution is 6.42. The minimum absolute atomic E-state index is 0.105. The smallest absolute Gasteiger partial charge is 0.383 e. The first-order valence-corrected chi connectivity index (χ1v) is 10.8. The monoisotopic (exact) mass is 488 g/mol. The fraction of sp³-hybridized carbons (Fsp3) is 0.429. The molecule has 1 amide bonds. The summed E-state index contributed by atoms with van der Waals surface area (Å²) in [7, 11) is 1.57. The molecule has 2 aromatic rings. The number of allylic oxidation sites excluding steroid dienone is 1. The lowest BCUT2D eigenvalue weighted by Crippen LogP contribution is -2.42. The summed E-state index contributed by atoms with van der Waals surface area (Å²) in [6.45, 7) is 2.59. The minimum Gasteiger partial charge on any atom is -0.383 e. The van der Waals surface area contributed by atoms with Crippen molar-refractivity contribution in [2.24, 2.45) is 0 Å². The maximum Gasteiger partial charge on any atom is 0.435 e. The third-order valence-electron chi connectivity index (χ3n) is 5.75. The Morgan fingerprint density at radius 1 is 1.28 bits per heavy atom. The summed E-state index contributed by atoms with van der Waals surface area (Å²) in [5.41, 5.74) is 0.208. The van der Waals surface area contributed by atoms with E-state index in [2.05, 4.69) is 10.4 Å². The van der Waals surface area contributed by atoms with Crippen LogP contribution in [0.25, 0.3) is 0 Å². The van der Waals surface area contributed by atoms with E-state index in [1.165, 1.54) is 4.68 Å². The number of benzene rings is 1. The molecule has 1 aromatic carbocycles. The molecule has 1 saturated heterocycles. The number of hydrogen-bond donors (Lipinski definition) is 1. The summed E-state index contributed by atoms with van der Waals surface area (Å²) in [6, 6.07) is 4.66. The van der Waals surface area contributed by atoms with Crippen LogP contribution in [0.3, 0.4) is 0 Å². The zero-order chi connectivity index (χ0) is 23.2. The molecular weight excluding hydrogens is 468 g/mol. The average molecular weight is 489 g/mol. The number of rotatable bonds is 4. The SMILES string of the molecule is COCC1CCCN1C(=O)C1=C(C)Nc2cc(C(F)(F)F)nn2C1c1ccc(Cl)c(Cl)c1. The van der Waals surface area contributed by atoms with Gasteiger partial charge in [-0.05, 0) is 37.5 Å². The minimum atomic E-state index is -4.63. The van der Waals surface area contributed by atoms with Crippen molar-refractivity contribution in [1.82, 2.24) is 14.7 Å². The largest absolute Gasteiger partial charge is 0.435 e. The van der Waals surface area contributed by atoms with Crippen LogP contribution in [0.5, 0.6) is 0 Å². The molecule has 2 aliphatic heterocycles. The number of alkyl halides is 3. The first-order valence-electron chi connectivity index (χ1n) is 10.0. The quantitative estimate of drug-likeness (QED) is 0.647. The number of nitrogens with zero attached hydrogens (tertiary/aromatic N) is 3. The third-order valence-corrected chi connectivity index (χ3v) is 6.49. The van der Waals surface area contributed by atoms with Gasteiger partial charge in [0, 0.05) is 25.4 Å².